The number of aromatic nitrogens is 1. The van der Waals surface area contributed by atoms with Gasteiger partial charge in [-0.1, -0.05) is 6.07 Å². The average Bonchev–Trinajstić information content (AvgIpc) is 3.17. The van der Waals surface area contributed by atoms with E-state index in [1.165, 1.54) is 12.5 Å². The number of carbonyl (C=O) groups is 1. The minimum Gasteiger partial charge on any atom is -0.472 e. The second-order valence-corrected chi connectivity index (χ2v) is 5.62. The van der Waals surface area contributed by atoms with Gasteiger partial charge in [-0.2, -0.15) is 5.26 Å². The lowest BCUT2D eigenvalue weighted by Crippen LogP contribution is -2.16. The molecule has 4 N–H and O–H groups in total. The summed E-state index contributed by atoms with van der Waals surface area (Å²) in [5, 5.41) is 19.9. The standard InChI is InChI=1S/C19H15N5O2/c1-11-2-3-14(9-20)23-18(11)19(25)24-13-4-5-16(21)15(8-13)17(22)12-6-7-26-10-12/h2-8,10,22H,21H2,1H3,(H,24,25). The van der Waals surface area contributed by atoms with Crippen molar-refractivity contribution in [3.8, 4) is 6.07 Å². The number of nitrogen functional groups attached to an aromatic ring is 1. The van der Waals surface area contributed by atoms with E-state index in [1.807, 2.05) is 6.07 Å². The number of aryl methyl sites for hydroxylation is 1. The molecule has 0 fully saturated rings. The van der Waals surface area contributed by atoms with Crippen LogP contribution in [0.2, 0.25) is 0 Å². The van der Waals surface area contributed by atoms with Crippen molar-refractivity contribution < 1.29 is 9.21 Å². The van der Waals surface area contributed by atoms with Crippen LogP contribution in [0.15, 0.2) is 53.3 Å². The maximum absolute atomic E-state index is 12.5. The van der Waals surface area contributed by atoms with Gasteiger partial charge in [0.05, 0.1) is 18.2 Å². The molecule has 0 radical (unpaired) electrons. The van der Waals surface area contributed by atoms with Crippen molar-refractivity contribution in [2.24, 2.45) is 0 Å². The highest BCUT2D eigenvalue weighted by molar-refractivity contribution is 6.14. The summed E-state index contributed by atoms with van der Waals surface area (Å²) >= 11 is 0. The van der Waals surface area contributed by atoms with Crippen molar-refractivity contribution in [1.29, 1.82) is 10.7 Å². The zero-order chi connectivity index (χ0) is 18.7. The number of nitrogens with two attached hydrogens (primary N) is 1. The summed E-state index contributed by atoms with van der Waals surface area (Å²) in [4.78, 5) is 16.6. The third-order valence-corrected chi connectivity index (χ3v) is 3.82. The van der Waals surface area contributed by atoms with Gasteiger partial charge in [-0.15, -0.1) is 0 Å². The Morgan fingerprint density at radius 2 is 2.12 bits per heavy atom. The second-order valence-electron chi connectivity index (χ2n) is 5.62. The average molecular weight is 345 g/mol. The number of hydrogen-bond acceptors (Lipinski definition) is 6. The molecule has 128 valence electrons. The molecule has 0 unspecified atom stereocenters. The molecule has 7 nitrogen and oxygen atoms in total. The molecule has 3 rings (SSSR count). The quantitative estimate of drug-likeness (QED) is 0.494. The molecule has 26 heavy (non-hydrogen) atoms. The molecule has 3 aromatic rings. The highest BCUT2D eigenvalue weighted by atomic mass is 16.3. The monoisotopic (exact) mass is 345 g/mol. The second kappa shape index (κ2) is 6.91. The van der Waals surface area contributed by atoms with Crippen LogP contribution in [0.1, 0.15) is 32.9 Å². The first kappa shape index (κ1) is 16.9. The molecule has 0 spiro atoms. The van der Waals surface area contributed by atoms with E-state index in [0.717, 1.165) is 0 Å². The number of benzene rings is 1. The number of pyridine rings is 1. The van der Waals surface area contributed by atoms with Crippen molar-refractivity contribution in [2.45, 2.75) is 6.92 Å². The number of nitriles is 1. The van der Waals surface area contributed by atoms with Crippen molar-refractivity contribution in [3.05, 3.63) is 77.0 Å². The Morgan fingerprint density at radius 1 is 1.31 bits per heavy atom. The SMILES string of the molecule is Cc1ccc(C#N)nc1C(=O)Nc1ccc(N)c(C(=N)c2ccoc2)c1. The minimum absolute atomic E-state index is 0.167. The fourth-order valence-electron chi connectivity index (χ4n) is 2.42. The topological polar surface area (TPSA) is 129 Å². The van der Waals surface area contributed by atoms with Crippen LogP contribution in [-0.2, 0) is 0 Å². The molecule has 1 amide bonds. The summed E-state index contributed by atoms with van der Waals surface area (Å²) in [7, 11) is 0. The van der Waals surface area contributed by atoms with Crippen LogP contribution in [0.3, 0.4) is 0 Å². The summed E-state index contributed by atoms with van der Waals surface area (Å²) in [6, 6.07) is 11.7. The molecule has 0 saturated heterocycles. The van der Waals surface area contributed by atoms with Crippen molar-refractivity contribution in [3.63, 3.8) is 0 Å². The van der Waals surface area contributed by atoms with Crippen LogP contribution in [0.4, 0.5) is 11.4 Å². The highest BCUT2D eigenvalue weighted by Crippen LogP contribution is 2.22. The Bertz CT molecular complexity index is 1030. The van der Waals surface area contributed by atoms with Crippen LogP contribution >= 0.6 is 0 Å². The number of anilines is 2. The van der Waals surface area contributed by atoms with Gasteiger partial charge in [0.1, 0.15) is 17.5 Å². The zero-order valence-electron chi connectivity index (χ0n) is 13.9. The fraction of sp³-hybridized carbons (Fsp3) is 0.0526. The van der Waals surface area contributed by atoms with Gasteiger partial charge in [-0.3, -0.25) is 10.2 Å². The molecule has 7 heteroatoms. The van der Waals surface area contributed by atoms with E-state index < -0.39 is 5.91 Å². The van der Waals surface area contributed by atoms with Gasteiger partial charge in [0.15, 0.2) is 0 Å². The van der Waals surface area contributed by atoms with Crippen LogP contribution < -0.4 is 11.1 Å². The van der Waals surface area contributed by atoms with Gasteiger partial charge in [0.2, 0.25) is 0 Å². The smallest absolute Gasteiger partial charge is 0.274 e. The lowest BCUT2D eigenvalue weighted by atomic mass is 10.0. The molecule has 2 heterocycles. The van der Waals surface area contributed by atoms with Crippen LogP contribution in [0, 0.1) is 23.7 Å². The Morgan fingerprint density at radius 3 is 2.81 bits per heavy atom. The van der Waals surface area contributed by atoms with Crippen molar-refractivity contribution in [2.75, 3.05) is 11.1 Å². The first-order valence-electron chi connectivity index (χ1n) is 7.69. The van der Waals surface area contributed by atoms with Crippen LogP contribution in [-0.4, -0.2) is 16.6 Å². The Kier molecular flexibility index (Phi) is 4.50. The molecule has 0 aliphatic rings. The highest BCUT2D eigenvalue weighted by Gasteiger charge is 2.15. The predicted molar refractivity (Wildman–Crippen MR) is 97.1 cm³/mol. The number of amides is 1. The zero-order valence-corrected chi connectivity index (χ0v) is 13.9. The van der Waals surface area contributed by atoms with Crippen LogP contribution in [0.25, 0.3) is 0 Å². The lowest BCUT2D eigenvalue weighted by molar-refractivity contribution is 0.102. The molecular weight excluding hydrogens is 330 g/mol. The van der Waals surface area contributed by atoms with Gasteiger partial charge in [-0.25, -0.2) is 4.98 Å². The number of furan rings is 1. The molecular formula is C19H15N5O2. The molecule has 0 aliphatic heterocycles. The van der Waals surface area contributed by atoms with E-state index in [0.29, 0.717) is 28.1 Å². The lowest BCUT2D eigenvalue weighted by Gasteiger charge is -2.11. The molecule has 0 bridgehead atoms. The summed E-state index contributed by atoms with van der Waals surface area (Å²) in [6.07, 6.45) is 2.93. The van der Waals surface area contributed by atoms with E-state index in [9.17, 15) is 4.79 Å². The molecule has 2 aromatic heterocycles. The Hall–Kier alpha value is -3.92. The maximum atomic E-state index is 12.5. The fourth-order valence-corrected chi connectivity index (χ4v) is 2.42. The normalized spacial score (nSPS) is 10.2. The van der Waals surface area contributed by atoms with E-state index in [4.69, 9.17) is 20.8 Å². The number of nitrogens with one attached hydrogen (secondary N) is 2. The third kappa shape index (κ3) is 3.30. The van der Waals surface area contributed by atoms with Crippen molar-refractivity contribution in [1.82, 2.24) is 4.98 Å². The van der Waals surface area contributed by atoms with E-state index in [2.05, 4.69) is 10.3 Å². The minimum atomic E-state index is -0.440. The molecule has 0 saturated carbocycles. The number of hydrogen-bond donors (Lipinski definition) is 3. The number of carbonyl (C=O) groups excluding carboxylic acids is 1. The van der Waals surface area contributed by atoms with E-state index in [1.54, 1.807) is 43.3 Å². The Labute approximate surface area is 149 Å². The van der Waals surface area contributed by atoms with E-state index in [-0.39, 0.29) is 17.1 Å². The summed E-state index contributed by atoms with van der Waals surface area (Å²) in [5.41, 5.74) is 9.09. The molecule has 0 aliphatic carbocycles. The number of nitrogens with zero attached hydrogens (tertiary/aromatic N) is 2. The maximum Gasteiger partial charge on any atom is 0.274 e. The van der Waals surface area contributed by atoms with Crippen LogP contribution in [0.5, 0.6) is 0 Å². The predicted octanol–water partition coefficient (Wildman–Crippen LogP) is 3.11. The largest absolute Gasteiger partial charge is 0.472 e. The van der Waals surface area contributed by atoms with Crippen molar-refractivity contribution >= 4 is 23.0 Å². The number of rotatable bonds is 4. The van der Waals surface area contributed by atoms with Gasteiger partial charge < -0.3 is 15.5 Å². The first-order chi connectivity index (χ1) is 12.5. The molecule has 1 aromatic carbocycles. The van der Waals surface area contributed by atoms with Gasteiger partial charge >= 0.3 is 0 Å². The first-order valence-corrected chi connectivity index (χ1v) is 7.69. The third-order valence-electron chi connectivity index (χ3n) is 3.82. The Balaban J connectivity index is 1.89. The van der Waals surface area contributed by atoms with E-state index >= 15 is 0 Å². The summed E-state index contributed by atoms with van der Waals surface area (Å²) < 4.78 is 5.00. The van der Waals surface area contributed by atoms with Gasteiger partial charge in [0, 0.05) is 22.5 Å². The summed E-state index contributed by atoms with van der Waals surface area (Å²) in [6.45, 7) is 1.74. The van der Waals surface area contributed by atoms with Gasteiger partial charge in [0.25, 0.3) is 5.91 Å². The van der Waals surface area contributed by atoms with Gasteiger partial charge in [-0.05, 0) is 42.8 Å². The summed E-state index contributed by atoms with van der Waals surface area (Å²) in [5.74, 6) is -0.440. The molecule has 0 atom stereocenters.